The van der Waals surface area contributed by atoms with Crippen molar-refractivity contribution < 1.29 is 17.6 Å². The molecule has 2 aromatic rings. The lowest BCUT2D eigenvalue weighted by molar-refractivity contribution is -0.137. The van der Waals surface area contributed by atoms with Gasteiger partial charge >= 0.3 is 6.18 Å². The van der Waals surface area contributed by atoms with Gasteiger partial charge in [0.05, 0.1) is 17.9 Å². The van der Waals surface area contributed by atoms with Crippen molar-refractivity contribution in [1.29, 1.82) is 0 Å². The molecule has 0 amide bonds. The van der Waals surface area contributed by atoms with Crippen LogP contribution in [0, 0.1) is 6.92 Å². The van der Waals surface area contributed by atoms with E-state index in [2.05, 4.69) is 5.32 Å². The third kappa shape index (κ3) is 3.88. The van der Waals surface area contributed by atoms with Crippen molar-refractivity contribution in [1.82, 2.24) is 5.32 Å². The summed E-state index contributed by atoms with van der Waals surface area (Å²) in [7, 11) is 0. The summed E-state index contributed by atoms with van der Waals surface area (Å²) in [6.45, 7) is 4.65. The van der Waals surface area contributed by atoms with Gasteiger partial charge in [0.1, 0.15) is 5.76 Å². The predicted molar refractivity (Wildman–Crippen MR) is 75.0 cm³/mol. The van der Waals surface area contributed by atoms with Gasteiger partial charge in [0.2, 0.25) is 0 Å². The highest BCUT2D eigenvalue weighted by Gasteiger charge is 2.30. The standard InChI is InChI=1S/C16H18F3NO/c1-3-8-20-15(13-9-11(2)21-10-13)12-4-6-14(7-5-12)16(17,18)19/h4-7,9-10,15,20H,3,8H2,1-2H3. The van der Waals surface area contributed by atoms with E-state index in [1.807, 2.05) is 19.9 Å². The van der Waals surface area contributed by atoms with Crippen LogP contribution in [-0.4, -0.2) is 6.54 Å². The fourth-order valence-corrected chi connectivity index (χ4v) is 2.20. The zero-order valence-electron chi connectivity index (χ0n) is 12.0. The van der Waals surface area contributed by atoms with Crippen molar-refractivity contribution >= 4 is 0 Å². The van der Waals surface area contributed by atoms with Crippen molar-refractivity contribution in [2.24, 2.45) is 0 Å². The number of aryl methyl sites for hydroxylation is 1. The summed E-state index contributed by atoms with van der Waals surface area (Å²) in [5.74, 6) is 0.778. The summed E-state index contributed by atoms with van der Waals surface area (Å²) in [5, 5.41) is 3.33. The molecule has 1 aromatic heterocycles. The number of halogens is 3. The highest BCUT2D eigenvalue weighted by molar-refractivity contribution is 5.33. The van der Waals surface area contributed by atoms with E-state index in [0.29, 0.717) is 0 Å². The number of alkyl halides is 3. The SMILES string of the molecule is CCCNC(c1ccc(C(F)(F)F)cc1)c1coc(C)c1. The van der Waals surface area contributed by atoms with Gasteiger partial charge in [-0.1, -0.05) is 19.1 Å². The largest absolute Gasteiger partial charge is 0.469 e. The molecule has 0 aliphatic heterocycles. The number of hydrogen-bond acceptors (Lipinski definition) is 2. The molecule has 0 saturated carbocycles. The fourth-order valence-electron chi connectivity index (χ4n) is 2.20. The van der Waals surface area contributed by atoms with Crippen molar-refractivity contribution in [2.75, 3.05) is 6.54 Å². The smallest absolute Gasteiger partial charge is 0.416 e. The first-order chi connectivity index (χ1) is 9.91. The minimum absolute atomic E-state index is 0.162. The minimum Gasteiger partial charge on any atom is -0.469 e. The Labute approximate surface area is 122 Å². The van der Waals surface area contributed by atoms with E-state index in [0.717, 1.165) is 42.0 Å². The van der Waals surface area contributed by atoms with E-state index in [1.54, 1.807) is 6.26 Å². The molecule has 1 heterocycles. The van der Waals surface area contributed by atoms with E-state index in [4.69, 9.17) is 4.42 Å². The van der Waals surface area contributed by atoms with Crippen molar-refractivity contribution in [2.45, 2.75) is 32.5 Å². The summed E-state index contributed by atoms with van der Waals surface area (Å²) < 4.78 is 43.2. The van der Waals surface area contributed by atoms with Crippen LogP contribution in [0.3, 0.4) is 0 Å². The molecule has 0 bridgehead atoms. The number of hydrogen-bond donors (Lipinski definition) is 1. The fraction of sp³-hybridized carbons (Fsp3) is 0.375. The van der Waals surface area contributed by atoms with Gasteiger partial charge < -0.3 is 9.73 Å². The minimum atomic E-state index is -4.31. The van der Waals surface area contributed by atoms with Crippen molar-refractivity contribution in [3.8, 4) is 0 Å². The van der Waals surface area contributed by atoms with Crippen LogP contribution in [0.2, 0.25) is 0 Å². The lowest BCUT2D eigenvalue weighted by atomic mass is 9.99. The highest BCUT2D eigenvalue weighted by Crippen LogP contribution is 2.31. The molecule has 5 heteroatoms. The molecule has 1 aromatic carbocycles. The zero-order chi connectivity index (χ0) is 15.5. The van der Waals surface area contributed by atoms with E-state index in [9.17, 15) is 13.2 Å². The zero-order valence-corrected chi connectivity index (χ0v) is 12.0. The predicted octanol–water partition coefficient (Wildman–Crippen LogP) is 4.70. The summed E-state index contributed by atoms with van der Waals surface area (Å²) in [5.41, 5.74) is 1.07. The Hall–Kier alpha value is -1.75. The molecule has 2 rings (SSSR count). The average molecular weight is 297 g/mol. The van der Waals surface area contributed by atoms with Gasteiger partial charge in [-0.3, -0.25) is 0 Å². The summed E-state index contributed by atoms with van der Waals surface area (Å²) in [6, 6.07) is 6.98. The Morgan fingerprint density at radius 3 is 2.29 bits per heavy atom. The maximum absolute atomic E-state index is 12.6. The normalized spacial score (nSPS) is 13.4. The molecule has 0 fully saturated rings. The summed E-state index contributed by atoms with van der Waals surface area (Å²) >= 11 is 0. The van der Waals surface area contributed by atoms with Crippen LogP contribution in [0.15, 0.2) is 41.0 Å². The van der Waals surface area contributed by atoms with Crippen LogP contribution in [0.25, 0.3) is 0 Å². The lowest BCUT2D eigenvalue weighted by Crippen LogP contribution is -2.23. The maximum Gasteiger partial charge on any atom is 0.416 e. The second-order valence-corrected chi connectivity index (χ2v) is 5.00. The Balaban J connectivity index is 2.28. The first-order valence-corrected chi connectivity index (χ1v) is 6.87. The quantitative estimate of drug-likeness (QED) is 0.865. The molecule has 1 unspecified atom stereocenters. The Bertz CT molecular complexity index is 572. The third-order valence-electron chi connectivity index (χ3n) is 3.25. The first-order valence-electron chi connectivity index (χ1n) is 6.87. The van der Waals surface area contributed by atoms with Gasteiger partial charge in [0.15, 0.2) is 0 Å². The molecule has 0 spiro atoms. The van der Waals surface area contributed by atoms with Gasteiger partial charge in [-0.25, -0.2) is 0 Å². The third-order valence-corrected chi connectivity index (χ3v) is 3.25. The van der Waals surface area contributed by atoms with E-state index < -0.39 is 11.7 Å². The van der Waals surface area contributed by atoms with Gasteiger partial charge in [0.25, 0.3) is 0 Å². The number of rotatable bonds is 5. The molecule has 0 saturated heterocycles. The van der Waals surface area contributed by atoms with Gasteiger partial charge in [-0.2, -0.15) is 13.2 Å². The Morgan fingerprint density at radius 2 is 1.81 bits per heavy atom. The Morgan fingerprint density at radius 1 is 1.14 bits per heavy atom. The van der Waals surface area contributed by atoms with E-state index >= 15 is 0 Å². The van der Waals surface area contributed by atoms with Crippen LogP contribution in [-0.2, 0) is 6.18 Å². The number of nitrogens with one attached hydrogen (secondary N) is 1. The topological polar surface area (TPSA) is 25.2 Å². The second kappa shape index (κ2) is 6.35. The molecule has 21 heavy (non-hydrogen) atoms. The average Bonchev–Trinajstić information content (AvgIpc) is 2.85. The van der Waals surface area contributed by atoms with Gasteiger partial charge in [-0.15, -0.1) is 0 Å². The maximum atomic E-state index is 12.6. The van der Waals surface area contributed by atoms with Crippen LogP contribution in [0.1, 0.15) is 41.8 Å². The monoisotopic (exact) mass is 297 g/mol. The van der Waals surface area contributed by atoms with E-state index in [1.165, 1.54) is 12.1 Å². The van der Waals surface area contributed by atoms with Crippen LogP contribution < -0.4 is 5.32 Å². The van der Waals surface area contributed by atoms with Crippen molar-refractivity contribution in [3.05, 3.63) is 59.0 Å². The molecule has 1 atom stereocenters. The van der Waals surface area contributed by atoms with Gasteiger partial charge in [0, 0.05) is 5.56 Å². The number of benzene rings is 1. The molecular weight excluding hydrogens is 279 g/mol. The van der Waals surface area contributed by atoms with Crippen LogP contribution in [0.4, 0.5) is 13.2 Å². The molecule has 0 aliphatic carbocycles. The molecular formula is C16H18F3NO. The van der Waals surface area contributed by atoms with Gasteiger partial charge in [-0.05, 0) is 43.7 Å². The molecule has 114 valence electrons. The summed E-state index contributed by atoms with van der Waals surface area (Å²) in [4.78, 5) is 0. The molecule has 0 aliphatic rings. The Kier molecular flexibility index (Phi) is 4.73. The first kappa shape index (κ1) is 15.6. The molecule has 1 N–H and O–H groups in total. The number of furan rings is 1. The second-order valence-electron chi connectivity index (χ2n) is 5.00. The molecule has 2 nitrogen and oxygen atoms in total. The highest BCUT2D eigenvalue weighted by atomic mass is 19.4. The summed E-state index contributed by atoms with van der Waals surface area (Å²) in [6.07, 6.45) is -1.73. The van der Waals surface area contributed by atoms with E-state index in [-0.39, 0.29) is 6.04 Å². The van der Waals surface area contributed by atoms with Crippen molar-refractivity contribution in [3.63, 3.8) is 0 Å². The molecule has 0 radical (unpaired) electrons. The lowest BCUT2D eigenvalue weighted by Gasteiger charge is -2.18. The van der Waals surface area contributed by atoms with Crippen LogP contribution in [0.5, 0.6) is 0 Å². The van der Waals surface area contributed by atoms with Crippen LogP contribution >= 0.6 is 0 Å².